The van der Waals surface area contributed by atoms with E-state index in [1.54, 1.807) is 0 Å². The maximum atomic E-state index is 12.2. The molecule has 2 N–H and O–H groups in total. The molecule has 0 radical (unpaired) electrons. The number of hydrogen-bond donors (Lipinski definition) is 2. The van der Waals surface area contributed by atoms with Crippen LogP contribution in [-0.2, 0) is 11.2 Å². The molecule has 3 rings (SSSR count). The normalized spacial score (nSPS) is 24.1. The quantitative estimate of drug-likeness (QED) is 0.886. The number of carbonyl (C=O) groups excluding carboxylic acids is 1. The Morgan fingerprint density at radius 3 is 3.00 bits per heavy atom. The fourth-order valence-electron chi connectivity index (χ4n) is 3.55. The maximum absolute atomic E-state index is 12.2. The molecule has 1 heterocycles. The van der Waals surface area contributed by atoms with Gasteiger partial charge in [-0.25, -0.2) is 0 Å². The summed E-state index contributed by atoms with van der Waals surface area (Å²) in [6.45, 7) is 3.10. The first kappa shape index (κ1) is 13.6. The highest BCUT2D eigenvalue weighted by Gasteiger charge is 2.41. The monoisotopic (exact) mass is 272 g/mol. The molecule has 2 aliphatic rings. The lowest BCUT2D eigenvalue weighted by molar-refractivity contribution is -0.121. The zero-order chi connectivity index (χ0) is 14.0. The van der Waals surface area contributed by atoms with Gasteiger partial charge < -0.3 is 10.6 Å². The van der Waals surface area contributed by atoms with Crippen LogP contribution in [0.2, 0.25) is 0 Å². The summed E-state index contributed by atoms with van der Waals surface area (Å²) in [7, 11) is 0. The lowest BCUT2D eigenvalue weighted by atomic mass is 9.70. The van der Waals surface area contributed by atoms with Crippen molar-refractivity contribution in [3.63, 3.8) is 0 Å². The summed E-state index contributed by atoms with van der Waals surface area (Å²) >= 11 is 0. The summed E-state index contributed by atoms with van der Waals surface area (Å²) < 4.78 is 0. The Balaban J connectivity index is 1.53. The van der Waals surface area contributed by atoms with Crippen molar-refractivity contribution in [2.45, 2.75) is 57.0 Å². The van der Waals surface area contributed by atoms with E-state index in [0.717, 1.165) is 24.9 Å². The second kappa shape index (κ2) is 5.57. The van der Waals surface area contributed by atoms with Gasteiger partial charge in [0.1, 0.15) is 0 Å². The van der Waals surface area contributed by atoms with Crippen LogP contribution in [0.4, 0.5) is 0 Å². The molecule has 1 amide bonds. The highest BCUT2D eigenvalue weighted by molar-refractivity contribution is 5.78. The van der Waals surface area contributed by atoms with E-state index in [-0.39, 0.29) is 5.91 Å². The zero-order valence-corrected chi connectivity index (χ0v) is 12.2. The SMILES string of the molecule is Cc1cccc(CC(=O)NC2CCNC3(CCC3)C2)c1. The summed E-state index contributed by atoms with van der Waals surface area (Å²) in [5.41, 5.74) is 2.67. The van der Waals surface area contributed by atoms with Gasteiger partial charge in [-0.1, -0.05) is 29.8 Å². The highest BCUT2D eigenvalue weighted by Crippen LogP contribution is 2.38. The Kier molecular flexibility index (Phi) is 3.79. The Bertz CT molecular complexity index is 494. The molecule has 0 bridgehead atoms. The van der Waals surface area contributed by atoms with Gasteiger partial charge >= 0.3 is 0 Å². The molecule has 1 unspecified atom stereocenters. The number of piperidine rings is 1. The smallest absolute Gasteiger partial charge is 0.224 e. The molecule has 1 aliphatic carbocycles. The van der Waals surface area contributed by atoms with Gasteiger partial charge in [-0.2, -0.15) is 0 Å². The van der Waals surface area contributed by atoms with E-state index < -0.39 is 0 Å². The number of rotatable bonds is 3. The number of nitrogens with one attached hydrogen (secondary N) is 2. The van der Waals surface area contributed by atoms with E-state index in [9.17, 15) is 4.79 Å². The number of carbonyl (C=O) groups is 1. The van der Waals surface area contributed by atoms with E-state index >= 15 is 0 Å². The standard InChI is InChI=1S/C17H24N2O/c1-13-4-2-5-14(10-13)11-16(20)19-15-6-9-18-17(12-15)7-3-8-17/h2,4-5,10,15,18H,3,6-9,11-12H2,1H3,(H,19,20). The molecule has 2 fully saturated rings. The molecule has 1 saturated heterocycles. The summed E-state index contributed by atoms with van der Waals surface area (Å²) in [5, 5.41) is 6.87. The third kappa shape index (κ3) is 3.04. The minimum atomic E-state index is 0.164. The molecular weight excluding hydrogens is 248 g/mol. The molecule has 1 aromatic carbocycles. The fourth-order valence-corrected chi connectivity index (χ4v) is 3.55. The minimum Gasteiger partial charge on any atom is -0.353 e. The molecule has 1 saturated carbocycles. The van der Waals surface area contributed by atoms with Crippen LogP contribution in [0.1, 0.15) is 43.2 Å². The van der Waals surface area contributed by atoms with Crippen molar-refractivity contribution in [2.24, 2.45) is 0 Å². The Morgan fingerprint density at radius 2 is 2.30 bits per heavy atom. The number of benzene rings is 1. The van der Waals surface area contributed by atoms with Crippen molar-refractivity contribution < 1.29 is 4.79 Å². The summed E-state index contributed by atoms with van der Waals surface area (Å²) in [4.78, 5) is 12.2. The van der Waals surface area contributed by atoms with Crippen molar-refractivity contribution in [1.82, 2.24) is 10.6 Å². The van der Waals surface area contributed by atoms with Gasteiger partial charge in [-0.3, -0.25) is 4.79 Å². The van der Waals surface area contributed by atoms with Crippen LogP contribution in [0.15, 0.2) is 24.3 Å². The van der Waals surface area contributed by atoms with Crippen molar-refractivity contribution in [3.05, 3.63) is 35.4 Å². The van der Waals surface area contributed by atoms with Gasteiger partial charge in [0.05, 0.1) is 6.42 Å². The van der Waals surface area contributed by atoms with E-state index in [1.807, 2.05) is 12.1 Å². The first-order chi connectivity index (χ1) is 9.65. The third-order valence-electron chi connectivity index (χ3n) is 4.75. The van der Waals surface area contributed by atoms with Crippen molar-refractivity contribution in [2.75, 3.05) is 6.54 Å². The molecule has 3 heteroatoms. The number of aryl methyl sites for hydroxylation is 1. The van der Waals surface area contributed by atoms with Gasteiger partial charge in [0, 0.05) is 11.6 Å². The predicted octanol–water partition coefficient (Wildman–Crippen LogP) is 2.33. The number of hydrogen-bond acceptors (Lipinski definition) is 2. The fraction of sp³-hybridized carbons (Fsp3) is 0.588. The Morgan fingerprint density at radius 1 is 1.45 bits per heavy atom. The third-order valence-corrected chi connectivity index (χ3v) is 4.75. The molecule has 1 spiro atoms. The van der Waals surface area contributed by atoms with E-state index in [1.165, 1.54) is 24.8 Å². The lowest BCUT2D eigenvalue weighted by Gasteiger charge is -2.48. The van der Waals surface area contributed by atoms with Crippen LogP contribution >= 0.6 is 0 Å². The molecule has 108 valence electrons. The Labute approximate surface area is 121 Å². The minimum absolute atomic E-state index is 0.164. The average Bonchev–Trinajstić information content (AvgIpc) is 2.37. The Hall–Kier alpha value is -1.35. The molecule has 20 heavy (non-hydrogen) atoms. The van der Waals surface area contributed by atoms with Gasteiger partial charge in [0.25, 0.3) is 0 Å². The van der Waals surface area contributed by atoms with Crippen LogP contribution in [0.3, 0.4) is 0 Å². The van der Waals surface area contributed by atoms with Crippen LogP contribution < -0.4 is 10.6 Å². The maximum Gasteiger partial charge on any atom is 0.224 e. The summed E-state index contributed by atoms with van der Waals surface area (Å²) in [6, 6.07) is 8.56. The zero-order valence-electron chi connectivity index (χ0n) is 12.2. The predicted molar refractivity (Wildman–Crippen MR) is 80.6 cm³/mol. The van der Waals surface area contributed by atoms with Gasteiger partial charge in [0.15, 0.2) is 0 Å². The first-order valence-electron chi connectivity index (χ1n) is 7.75. The molecular formula is C17H24N2O. The van der Waals surface area contributed by atoms with Crippen LogP contribution in [0.5, 0.6) is 0 Å². The highest BCUT2D eigenvalue weighted by atomic mass is 16.1. The molecule has 3 nitrogen and oxygen atoms in total. The van der Waals surface area contributed by atoms with Gasteiger partial charge in [-0.15, -0.1) is 0 Å². The van der Waals surface area contributed by atoms with Gasteiger partial charge in [0.2, 0.25) is 5.91 Å². The van der Waals surface area contributed by atoms with Crippen LogP contribution in [0.25, 0.3) is 0 Å². The van der Waals surface area contributed by atoms with Gasteiger partial charge in [-0.05, 0) is 51.1 Å². The first-order valence-corrected chi connectivity index (χ1v) is 7.75. The second-order valence-corrected chi connectivity index (χ2v) is 6.48. The van der Waals surface area contributed by atoms with E-state index in [2.05, 4.69) is 29.7 Å². The lowest BCUT2D eigenvalue weighted by Crippen LogP contribution is -2.59. The van der Waals surface area contributed by atoms with E-state index in [0.29, 0.717) is 18.0 Å². The average molecular weight is 272 g/mol. The van der Waals surface area contributed by atoms with Crippen molar-refractivity contribution in [1.29, 1.82) is 0 Å². The van der Waals surface area contributed by atoms with Crippen LogP contribution in [-0.4, -0.2) is 24.0 Å². The summed E-state index contributed by atoms with van der Waals surface area (Å²) in [6.07, 6.45) is 6.54. The van der Waals surface area contributed by atoms with E-state index in [4.69, 9.17) is 0 Å². The topological polar surface area (TPSA) is 41.1 Å². The molecule has 1 aliphatic heterocycles. The summed E-state index contributed by atoms with van der Waals surface area (Å²) in [5.74, 6) is 0.164. The largest absolute Gasteiger partial charge is 0.353 e. The van der Waals surface area contributed by atoms with Crippen LogP contribution in [0, 0.1) is 6.92 Å². The second-order valence-electron chi connectivity index (χ2n) is 6.48. The molecule has 1 atom stereocenters. The van der Waals surface area contributed by atoms with Crippen molar-refractivity contribution in [3.8, 4) is 0 Å². The molecule has 1 aromatic rings. The molecule has 0 aromatic heterocycles. The van der Waals surface area contributed by atoms with Crippen molar-refractivity contribution >= 4 is 5.91 Å². The number of amides is 1.